The zero-order valence-corrected chi connectivity index (χ0v) is 10.5. The summed E-state index contributed by atoms with van der Waals surface area (Å²) in [4.78, 5) is 3.71. The van der Waals surface area contributed by atoms with E-state index in [0.717, 1.165) is 4.31 Å². The van der Waals surface area contributed by atoms with Crippen molar-refractivity contribution in [3.63, 3.8) is 0 Å². The second kappa shape index (κ2) is 5.12. The number of nitrogens with two attached hydrogens (primary N) is 1. The van der Waals surface area contributed by atoms with Gasteiger partial charge in [0.15, 0.2) is 0 Å². The molecule has 0 saturated carbocycles. The second-order valence-electron chi connectivity index (χ2n) is 3.73. The molecule has 0 saturated heterocycles. The predicted octanol–water partition coefficient (Wildman–Crippen LogP) is 0.444. The lowest BCUT2D eigenvalue weighted by Crippen LogP contribution is -2.31. The van der Waals surface area contributed by atoms with Crippen molar-refractivity contribution < 1.29 is 8.42 Å². The molecule has 0 aliphatic carbocycles. The number of rotatable bonds is 4. The summed E-state index contributed by atoms with van der Waals surface area (Å²) in [6, 6.07) is 3.41. The molecule has 1 heterocycles. The van der Waals surface area contributed by atoms with Gasteiger partial charge < -0.3 is 5.73 Å². The molecule has 0 radical (unpaired) electrons. The van der Waals surface area contributed by atoms with E-state index < -0.39 is 10.0 Å². The molecule has 1 rings (SSSR count). The number of nitriles is 1. The average molecular weight is 254 g/mol. The first-order valence-corrected chi connectivity index (χ1v) is 6.39. The summed E-state index contributed by atoms with van der Waals surface area (Å²) in [6.07, 6.45) is 2.63. The Kier molecular flexibility index (Phi) is 4.04. The summed E-state index contributed by atoms with van der Waals surface area (Å²) in [5.74, 6) is -0.382. The summed E-state index contributed by atoms with van der Waals surface area (Å²) in [7, 11) is -2.27. The van der Waals surface area contributed by atoms with Gasteiger partial charge in [-0.2, -0.15) is 9.57 Å². The van der Waals surface area contributed by atoms with E-state index in [1.807, 2.05) is 6.07 Å². The Morgan fingerprint density at radius 3 is 2.82 bits per heavy atom. The van der Waals surface area contributed by atoms with Crippen LogP contribution in [0.2, 0.25) is 0 Å². The van der Waals surface area contributed by atoms with Gasteiger partial charge >= 0.3 is 0 Å². The van der Waals surface area contributed by atoms with Gasteiger partial charge in [0.05, 0.1) is 17.7 Å². The van der Waals surface area contributed by atoms with Gasteiger partial charge in [-0.05, 0) is 13.0 Å². The molecule has 0 amide bonds. The molecule has 0 fully saturated rings. The van der Waals surface area contributed by atoms with Crippen molar-refractivity contribution >= 4 is 15.7 Å². The fraction of sp³-hybridized carbons (Fsp3) is 0.400. The first-order chi connectivity index (χ1) is 7.89. The van der Waals surface area contributed by atoms with Gasteiger partial charge in [0.1, 0.15) is 4.90 Å². The molecule has 1 unspecified atom stereocenters. The number of hydrogen-bond acceptors (Lipinski definition) is 5. The van der Waals surface area contributed by atoms with E-state index >= 15 is 0 Å². The molecule has 1 atom stereocenters. The molecule has 1 aromatic heterocycles. The molecule has 0 spiro atoms. The average Bonchev–Trinajstić information content (AvgIpc) is 2.29. The van der Waals surface area contributed by atoms with Crippen LogP contribution in [0.4, 0.5) is 5.69 Å². The Morgan fingerprint density at radius 2 is 2.29 bits per heavy atom. The van der Waals surface area contributed by atoms with Gasteiger partial charge in [-0.25, -0.2) is 8.42 Å². The van der Waals surface area contributed by atoms with Crippen LogP contribution in [-0.4, -0.2) is 31.3 Å². The molecule has 0 aliphatic heterocycles. The Balaban J connectivity index is 3.05. The van der Waals surface area contributed by atoms with Crippen LogP contribution in [0, 0.1) is 17.2 Å². The maximum Gasteiger partial charge on any atom is 0.246 e. The molecule has 7 heteroatoms. The van der Waals surface area contributed by atoms with Crippen molar-refractivity contribution in [1.29, 1.82) is 5.26 Å². The van der Waals surface area contributed by atoms with Crippen LogP contribution in [0.5, 0.6) is 0 Å². The third-order valence-electron chi connectivity index (χ3n) is 2.26. The Bertz CT molecular complexity index is 535. The number of sulfonamides is 1. The van der Waals surface area contributed by atoms with Crippen molar-refractivity contribution in [2.75, 3.05) is 19.3 Å². The summed E-state index contributed by atoms with van der Waals surface area (Å²) in [6.45, 7) is 1.77. The number of aromatic nitrogens is 1. The summed E-state index contributed by atoms with van der Waals surface area (Å²) in [5, 5.41) is 8.67. The quantitative estimate of drug-likeness (QED) is 0.840. The minimum Gasteiger partial charge on any atom is -0.398 e. The third-order valence-corrected chi connectivity index (χ3v) is 4.12. The number of anilines is 1. The molecule has 0 aliphatic rings. The maximum atomic E-state index is 12.1. The van der Waals surface area contributed by atoms with E-state index in [1.165, 1.54) is 25.5 Å². The van der Waals surface area contributed by atoms with E-state index in [2.05, 4.69) is 4.98 Å². The topological polar surface area (TPSA) is 100 Å². The fourth-order valence-corrected chi connectivity index (χ4v) is 2.61. The molecular formula is C10H14N4O2S. The van der Waals surface area contributed by atoms with E-state index in [9.17, 15) is 8.42 Å². The van der Waals surface area contributed by atoms with E-state index in [1.54, 1.807) is 6.92 Å². The van der Waals surface area contributed by atoms with Crippen molar-refractivity contribution in [1.82, 2.24) is 9.29 Å². The minimum atomic E-state index is -3.68. The van der Waals surface area contributed by atoms with Crippen LogP contribution >= 0.6 is 0 Å². The van der Waals surface area contributed by atoms with Crippen LogP contribution in [0.25, 0.3) is 0 Å². The fourth-order valence-electron chi connectivity index (χ4n) is 1.30. The van der Waals surface area contributed by atoms with E-state index in [-0.39, 0.29) is 23.0 Å². The van der Waals surface area contributed by atoms with Gasteiger partial charge in [0, 0.05) is 26.0 Å². The number of pyridine rings is 1. The number of nitrogens with zero attached hydrogens (tertiary/aromatic N) is 3. The van der Waals surface area contributed by atoms with Gasteiger partial charge in [-0.3, -0.25) is 4.98 Å². The smallest absolute Gasteiger partial charge is 0.246 e. The van der Waals surface area contributed by atoms with Crippen LogP contribution < -0.4 is 5.73 Å². The first-order valence-electron chi connectivity index (χ1n) is 4.95. The number of hydrogen-bond donors (Lipinski definition) is 1. The van der Waals surface area contributed by atoms with E-state index in [0.29, 0.717) is 0 Å². The van der Waals surface area contributed by atoms with Crippen molar-refractivity contribution in [2.24, 2.45) is 5.92 Å². The van der Waals surface area contributed by atoms with Crippen LogP contribution in [0.1, 0.15) is 6.92 Å². The number of nitrogen functional groups attached to an aromatic ring is 1. The molecular weight excluding hydrogens is 240 g/mol. The normalized spacial score (nSPS) is 13.3. The van der Waals surface area contributed by atoms with Crippen molar-refractivity contribution in [2.45, 2.75) is 11.8 Å². The monoisotopic (exact) mass is 254 g/mol. The lowest BCUT2D eigenvalue weighted by molar-refractivity contribution is 0.439. The Hall–Kier alpha value is -1.65. The third kappa shape index (κ3) is 2.93. The highest BCUT2D eigenvalue weighted by Gasteiger charge is 2.24. The standard InChI is InChI=1S/C10H14N4O2S/c1-8(5-11)7-14(2)17(15,16)10-6-13-4-3-9(10)12/h3-4,6,8H,7H2,1-2H3,(H2,12,13). The van der Waals surface area contributed by atoms with Gasteiger partial charge in [-0.1, -0.05) is 0 Å². The maximum absolute atomic E-state index is 12.1. The Labute approximate surface area is 101 Å². The highest BCUT2D eigenvalue weighted by atomic mass is 32.2. The molecule has 17 heavy (non-hydrogen) atoms. The van der Waals surface area contributed by atoms with Gasteiger partial charge in [0.2, 0.25) is 10.0 Å². The zero-order valence-electron chi connectivity index (χ0n) is 9.66. The van der Waals surface area contributed by atoms with E-state index in [4.69, 9.17) is 11.0 Å². The molecule has 0 bridgehead atoms. The van der Waals surface area contributed by atoms with Crippen LogP contribution in [-0.2, 0) is 10.0 Å². The molecule has 0 aromatic carbocycles. The highest BCUT2D eigenvalue weighted by Crippen LogP contribution is 2.20. The van der Waals surface area contributed by atoms with Crippen LogP contribution in [0.3, 0.4) is 0 Å². The van der Waals surface area contributed by atoms with Gasteiger partial charge in [0.25, 0.3) is 0 Å². The minimum absolute atomic E-state index is 0.0346. The lowest BCUT2D eigenvalue weighted by Gasteiger charge is -2.18. The highest BCUT2D eigenvalue weighted by molar-refractivity contribution is 7.89. The predicted molar refractivity (Wildman–Crippen MR) is 63.2 cm³/mol. The zero-order chi connectivity index (χ0) is 13.1. The second-order valence-corrected chi connectivity index (χ2v) is 5.74. The summed E-state index contributed by atoms with van der Waals surface area (Å²) < 4.78 is 25.3. The Morgan fingerprint density at radius 1 is 1.65 bits per heavy atom. The lowest BCUT2D eigenvalue weighted by atomic mass is 10.2. The summed E-state index contributed by atoms with van der Waals surface area (Å²) >= 11 is 0. The molecule has 92 valence electrons. The summed E-state index contributed by atoms with van der Waals surface area (Å²) in [5.41, 5.74) is 5.75. The largest absolute Gasteiger partial charge is 0.398 e. The molecule has 6 nitrogen and oxygen atoms in total. The van der Waals surface area contributed by atoms with Crippen molar-refractivity contribution in [3.05, 3.63) is 18.5 Å². The van der Waals surface area contributed by atoms with Gasteiger partial charge in [-0.15, -0.1) is 0 Å². The molecule has 2 N–H and O–H groups in total. The first kappa shape index (κ1) is 13.4. The SMILES string of the molecule is CC(C#N)CN(C)S(=O)(=O)c1cnccc1N. The van der Waals surface area contributed by atoms with Crippen LogP contribution in [0.15, 0.2) is 23.4 Å². The van der Waals surface area contributed by atoms with Crippen molar-refractivity contribution in [3.8, 4) is 6.07 Å². The molecule has 1 aromatic rings.